The number of nitrogens with zero attached hydrogens (tertiary/aromatic N) is 2. The topological polar surface area (TPSA) is 73.1 Å². The van der Waals surface area contributed by atoms with Gasteiger partial charge in [-0.15, -0.1) is 0 Å². The summed E-state index contributed by atoms with van der Waals surface area (Å²) in [6.45, 7) is 0.671. The van der Waals surface area contributed by atoms with Gasteiger partial charge >= 0.3 is 0 Å². The third kappa shape index (κ3) is 3.72. The second kappa shape index (κ2) is 6.93. The Kier molecular flexibility index (Phi) is 4.97. The highest BCUT2D eigenvalue weighted by molar-refractivity contribution is 7.80. The number of para-hydroxylation sites is 1. The van der Waals surface area contributed by atoms with E-state index < -0.39 is 0 Å². The van der Waals surface area contributed by atoms with E-state index in [1.807, 2.05) is 18.2 Å². The molecule has 20 heavy (non-hydrogen) atoms. The maximum Gasteiger partial charge on any atom is 0.148 e. The Morgan fingerprint density at radius 1 is 1.30 bits per heavy atom. The maximum atomic E-state index is 5.49. The van der Waals surface area contributed by atoms with E-state index in [4.69, 9.17) is 22.7 Å². The summed E-state index contributed by atoms with van der Waals surface area (Å²) in [6.07, 6.45) is 4.00. The summed E-state index contributed by atoms with van der Waals surface area (Å²) < 4.78 is 5.11. The fraction of sp³-hybridized carbons (Fsp3) is 0.214. The van der Waals surface area contributed by atoms with Gasteiger partial charge in [-0.05, 0) is 18.1 Å². The van der Waals surface area contributed by atoms with Crippen LogP contribution in [0, 0.1) is 0 Å². The molecule has 1 heterocycles. The number of nitrogens with one attached hydrogen (secondary N) is 1. The first-order valence-electron chi connectivity index (χ1n) is 6.16. The number of aromatic nitrogens is 2. The average Bonchev–Trinajstić information content (AvgIpc) is 2.47. The zero-order valence-electron chi connectivity index (χ0n) is 11.2. The van der Waals surface area contributed by atoms with Crippen LogP contribution in [0.2, 0.25) is 0 Å². The largest absolute Gasteiger partial charge is 0.388 e. The van der Waals surface area contributed by atoms with Crippen LogP contribution < -0.4 is 11.1 Å². The summed E-state index contributed by atoms with van der Waals surface area (Å²) in [4.78, 5) is 8.63. The van der Waals surface area contributed by atoms with Crippen LogP contribution in [0.5, 0.6) is 0 Å². The van der Waals surface area contributed by atoms with Gasteiger partial charge in [0.2, 0.25) is 0 Å². The van der Waals surface area contributed by atoms with E-state index in [0.717, 1.165) is 17.7 Å². The Hall–Kier alpha value is -2.05. The minimum Gasteiger partial charge on any atom is -0.388 e. The number of hydrogen-bond donors (Lipinski definition) is 2. The quantitative estimate of drug-likeness (QED) is 0.793. The lowest BCUT2D eigenvalue weighted by molar-refractivity contribution is 0.202. The Balaban J connectivity index is 2.14. The summed E-state index contributed by atoms with van der Waals surface area (Å²) in [7, 11) is 1.69. The number of rotatable bonds is 6. The molecule has 104 valence electrons. The van der Waals surface area contributed by atoms with Gasteiger partial charge in [-0.1, -0.05) is 30.4 Å². The van der Waals surface area contributed by atoms with Crippen molar-refractivity contribution in [2.45, 2.75) is 6.42 Å². The lowest BCUT2D eigenvalue weighted by Gasteiger charge is -2.11. The molecular weight excluding hydrogens is 272 g/mol. The molecule has 0 aliphatic rings. The van der Waals surface area contributed by atoms with Gasteiger partial charge in [0.25, 0.3) is 0 Å². The highest BCUT2D eigenvalue weighted by Crippen LogP contribution is 2.19. The smallest absolute Gasteiger partial charge is 0.148 e. The van der Waals surface area contributed by atoms with Crippen molar-refractivity contribution in [2.24, 2.45) is 5.73 Å². The molecule has 0 amide bonds. The zero-order valence-corrected chi connectivity index (χ0v) is 12.0. The molecule has 6 heteroatoms. The molecular formula is C14H16N4OS. The normalized spacial score (nSPS) is 10.2. The van der Waals surface area contributed by atoms with Gasteiger partial charge in [-0.3, -0.25) is 0 Å². The zero-order chi connectivity index (χ0) is 14.4. The predicted octanol–water partition coefficient (Wildman–Crippen LogP) is 2.04. The van der Waals surface area contributed by atoms with E-state index in [0.29, 0.717) is 18.1 Å². The molecule has 0 radical (unpaired) electrons. The van der Waals surface area contributed by atoms with Crippen LogP contribution >= 0.6 is 12.2 Å². The van der Waals surface area contributed by atoms with Crippen LogP contribution in [0.4, 0.5) is 11.5 Å². The summed E-state index contributed by atoms with van der Waals surface area (Å²) in [5.41, 5.74) is 8.15. The molecule has 2 aromatic rings. The third-order valence-corrected chi connectivity index (χ3v) is 2.97. The highest BCUT2D eigenvalue weighted by atomic mass is 32.1. The maximum absolute atomic E-state index is 5.49. The SMILES string of the molecule is COCCc1ccccc1Nc1cnc(C(N)=S)cn1. The molecule has 0 spiro atoms. The van der Waals surface area contributed by atoms with Gasteiger partial charge in [0.1, 0.15) is 16.5 Å². The first kappa shape index (κ1) is 14.4. The first-order valence-corrected chi connectivity index (χ1v) is 6.57. The molecule has 0 atom stereocenters. The van der Waals surface area contributed by atoms with Crippen LogP contribution in [-0.2, 0) is 11.2 Å². The molecule has 0 fully saturated rings. The van der Waals surface area contributed by atoms with Gasteiger partial charge in [-0.2, -0.15) is 0 Å². The van der Waals surface area contributed by atoms with Crippen LogP contribution in [0.3, 0.4) is 0 Å². The summed E-state index contributed by atoms with van der Waals surface area (Å²) in [5.74, 6) is 0.648. The van der Waals surface area contributed by atoms with E-state index in [1.54, 1.807) is 19.5 Å². The van der Waals surface area contributed by atoms with E-state index >= 15 is 0 Å². The molecule has 1 aromatic carbocycles. The average molecular weight is 288 g/mol. The molecule has 1 aromatic heterocycles. The summed E-state index contributed by atoms with van der Waals surface area (Å²) >= 11 is 4.84. The van der Waals surface area contributed by atoms with E-state index in [-0.39, 0.29) is 4.99 Å². The Labute approximate surface area is 123 Å². The van der Waals surface area contributed by atoms with Crippen LogP contribution in [0.1, 0.15) is 11.3 Å². The van der Waals surface area contributed by atoms with Crippen molar-refractivity contribution in [3.63, 3.8) is 0 Å². The molecule has 5 nitrogen and oxygen atoms in total. The van der Waals surface area contributed by atoms with Crippen molar-refractivity contribution in [2.75, 3.05) is 19.0 Å². The number of methoxy groups -OCH3 is 1. The predicted molar refractivity (Wildman–Crippen MR) is 83.2 cm³/mol. The fourth-order valence-corrected chi connectivity index (χ4v) is 1.84. The molecule has 2 rings (SSSR count). The number of hydrogen-bond acceptors (Lipinski definition) is 5. The minimum atomic E-state index is 0.240. The monoisotopic (exact) mass is 288 g/mol. The number of benzene rings is 1. The summed E-state index contributed by atoms with van der Waals surface area (Å²) in [6, 6.07) is 8.01. The van der Waals surface area contributed by atoms with E-state index in [1.165, 1.54) is 0 Å². The standard InChI is InChI=1S/C14H16N4OS/c1-19-7-6-10-4-2-3-5-11(10)18-13-9-16-12(8-17-13)14(15)20/h2-5,8-9H,6-7H2,1H3,(H2,15,20)(H,17,18). The number of anilines is 2. The molecule has 0 saturated heterocycles. The van der Waals surface area contributed by atoms with Crippen molar-refractivity contribution in [3.05, 3.63) is 47.9 Å². The molecule has 0 bridgehead atoms. The lowest BCUT2D eigenvalue weighted by atomic mass is 10.1. The van der Waals surface area contributed by atoms with Crippen molar-refractivity contribution in [3.8, 4) is 0 Å². The van der Waals surface area contributed by atoms with Gasteiger partial charge in [0.15, 0.2) is 0 Å². The fourth-order valence-electron chi connectivity index (χ4n) is 1.73. The van der Waals surface area contributed by atoms with Crippen molar-refractivity contribution >= 4 is 28.7 Å². The van der Waals surface area contributed by atoms with Crippen LogP contribution in [0.25, 0.3) is 0 Å². The number of ether oxygens (including phenoxy) is 1. The van der Waals surface area contributed by atoms with Crippen LogP contribution in [0.15, 0.2) is 36.7 Å². The summed E-state index contributed by atoms with van der Waals surface area (Å²) in [5, 5.41) is 3.23. The van der Waals surface area contributed by atoms with Crippen molar-refractivity contribution < 1.29 is 4.74 Å². The Morgan fingerprint density at radius 2 is 2.10 bits per heavy atom. The van der Waals surface area contributed by atoms with Crippen molar-refractivity contribution in [1.29, 1.82) is 0 Å². The van der Waals surface area contributed by atoms with Crippen LogP contribution in [-0.4, -0.2) is 28.7 Å². The van der Waals surface area contributed by atoms with Gasteiger partial charge < -0.3 is 15.8 Å². The third-order valence-electron chi connectivity index (χ3n) is 2.76. The van der Waals surface area contributed by atoms with Gasteiger partial charge in [0, 0.05) is 12.8 Å². The Morgan fingerprint density at radius 3 is 2.75 bits per heavy atom. The first-order chi connectivity index (χ1) is 9.70. The molecule has 3 N–H and O–H groups in total. The second-order valence-corrected chi connectivity index (χ2v) is 4.62. The molecule has 0 aliphatic heterocycles. The van der Waals surface area contributed by atoms with Gasteiger partial charge in [0.05, 0.1) is 19.0 Å². The molecule has 0 aliphatic carbocycles. The highest BCUT2D eigenvalue weighted by Gasteiger charge is 2.04. The van der Waals surface area contributed by atoms with E-state index in [9.17, 15) is 0 Å². The van der Waals surface area contributed by atoms with Gasteiger partial charge in [-0.25, -0.2) is 9.97 Å². The van der Waals surface area contributed by atoms with E-state index in [2.05, 4.69) is 21.4 Å². The molecule has 0 unspecified atom stereocenters. The molecule has 0 saturated carbocycles. The number of nitrogens with two attached hydrogens (primary N) is 1. The Bertz CT molecular complexity index is 586. The number of thiocarbonyl (C=S) groups is 1. The lowest BCUT2D eigenvalue weighted by Crippen LogP contribution is -2.12. The minimum absolute atomic E-state index is 0.240. The van der Waals surface area contributed by atoms with Crippen molar-refractivity contribution in [1.82, 2.24) is 9.97 Å². The second-order valence-electron chi connectivity index (χ2n) is 4.18.